The zero-order valence-corrected chi connectivity index (χ0v) is 35.7. The van der Waals surface area contributed by atoms with Gasteiger partial charge >= 0.3 is 0 Å². The van der Waals surface area contributed by atoms with Gasteiger partial charge in [0, 0.05) is 49.5 Å². The van der Waals surface area contributed by atoms with Gasteiger partial charge in [-0.2, -0.15) is 22.4 Å². The number of benzene rings is 4. The van der Waals surface area contributed by atoms with E-state index in [0.29, 0.717) is 11.8 Å². The zero-order valence-electron chi connectivity index (χ0n) is 33.1. The number of amidine groups is 2. The van der Waals surface area contributed by atoms with Crippen LogP contribution >= 0.6 is 22.4 Å². The van der Waals surface area contributed by atoms with Crippen molar-refractivity contribution in [2.45, 2.75) is 103 Å². The van der Waals surface area contributed by atoms with E-state index >= 15 is 0 Å². The molecule has 0 spiro atoms. The van der Waals surface area contributed by atoms with Crippen LogP contribution in [0.1, 0.15) is 102 Å². The molecule has 0 aromatic heterocycles. The Kier molecular flexibility index (Phi) is 15.3. The van der Waals surface area contributed by atoms with Crippen molar-refractivity contribution in [2.75, 3.05) is 50.8 Å². The van der Waals surface area contributed by atoms with Crippen LogP contribution in [-0.2, 0) is 0 Å². The second kappa shape index (κ2) is 20.3. The van der Waals surface area contributed by atoms with Gasteiger partial charge in [0.1, 0.15) is 11.7 Å². The summed E-state index contributed by atoms with van der Waals surface area (Å²) in [7, 11) is 0. The third-order valence-electron chi connectivity index (χ3n) is 11.6. The van der Waals surface area contributed by atoms with Crippen LogP contribution in [0.2, 0.25) is 12.1 Å². The lowest BCUT2D eigenvalue weighted by Gasteiger charge is -2.34. The topological polar surface area (TPSA) is 31.2 Å². The maximum Gasteiger partial charge on any atom is 0.176 e. The average molecular weight is 765 g/mol. The van der Waals surface area contributed by atoms with Crippen LogP contribution in [0.4, 0.5) is 0 Å². The third-order valence-corrected chi connectivity index (χ3v) is 24.6. The van der Waals surface area contributed by atoms with E-state index in [4.69, 9.17) is 9.98 Å². The number of hydrogen-bond acceptors (Lipinski definition) is 6. The van der Waals surface area contributed by atoms with E-state index in [2.05, 4.69) is 145 Å². The van der Waals surface area contributed by atoms with Crippen LogP contribution in [0.15, 0.2) is 94.9 Å². The Morgan fingerprint density at radius 3 is 1.45 bits per heavy atom. The molecule has 2 aliphatic heterocycles. The predicted octanol–water partition coefficient (Wildman–Crippen LogP) is 12.4. The Balaban J connectivity index is 1.13. The maximum absolute atomic E-state index is 5.13. The first-order valence-electron chi connectivity index (χ1n) is 20.9. The average Bonchev–Trinajstić information content (AvgIpc) is 3.87. The predicted molar refractivity (Wildman–Crippen MR) is 241 cm³/mol. The lowest BCUT2D eigenvalue weighted by atomic mass is 9.93. The van der Waals surface area contributed by atoms with Gasteiger partial charge in [-0.3, -0.25) is 9.98 Å². The Bertz CT molecular complexity index is 1670. The van der Waals surface area contributed by atoms with Crippen LogP contribution in [0, 0.1) is 0 Å². The summed E-state index contributed by atoms with van der Waals surface area (Å²) in [5.41, 5.74) is 2.82. The Hall–Kier alpha value is -2.74. The molecule has 2 heterocycles. The van der Waals surface area contributed by atoms with Gasteiger partial charge in [0.25, 0.3) is 0 Å². The number of aliphatic imine (C=N–C) groups is 2. The van der Waals surface area contributed by atoms with Crippen molar-refractivity contribution < 1.29 is 0 Å². The molecular weight excluding hydrogens is 701 g/mol. The van der Waals surface area contributed by atoms with Crippen LogP contribution < -0.4 is 0 Å². The van der Waals surface area contributed by atoms with Crippen molar-refractivity contribution >= 4 is 62.0 Å². The normalized spacial score (nSPS) is 16.1. The molecule has 284 valence electrons. The summed E-state index contributed by atoms with van der Waals surface area (Å²) in [6.07, 6.45) is 9.29. The van der Waals surface area contributed by atoms with Crippen molar-refractivity contribution in [3.63, 3.8) is 0 Å². The lowest BCUT2D eigenvalue weighted by molar-refractivity contribution is 0.474. The molecule has 0 saturated carbocycles. The summed E-state index contributed by atoms with van der Waals surface area (Å²) in [5.74, 6) is 5.65. The van der Waals surface area contributed by atoms with Gasteiger partial charge in [-0.15, -0.1) is 0 Å². The van der Waals surface area contributed by atoms with E-state index in [0.717, 1.165) is 39.3 Å². The fourth-order valence-electron chi connectivity index (χ4n) is 8.59. The van der Waals surface area contributed by atoms with Gasteiger partial charge in [0.05, 0.1) is 13.1 Å². The van der Waals surface area contributed by atoms with E-state index in [-0.39, 0.29) is 0 Å². The highest BCUT2D eigenvalue weighted by atomic mass is 32.6. The summed E-state index contributed by atoms with van der Waals surface area (Å²) < 4.78 is 0. The van der Waals surface area contributed by atoms with Crippen LogP contribution in [-0.4, -0.2) is 78.6 Å². The molecule has 0 radical (unpaired) electrons. The molecule has 0 fully saturated rings. The van der Waals surface area contributed by atoms with E-state index < -0.39 is 6.37 Å². The van der Waals surface area contributed by atoms with Gasteiger partial charge in [-0.25, -0.2) is 0 Å². The molecule has 6 rings (SSSR count). The number of rotatable bonds is 22. The van der Waals surface area contributed by atoms with Gasteiger partial charge in [0.2, 0.25) is 0 Å². The second-order valence-corrected chi connectivity index (χ2v) is 26.7. The lowest BCUT2D eigenvalue weighted by Crippen LogP contribution is -2.37. The molecule has 0 N–H and O–H groups in total. The molecule has 0 aliphatic carbocycles. The summed E-state index contributed by atoms with van der Waals surface area (Å²) in [5, 5.41) is 5.39. The largest absolute Gasteiger partial charge is 0.357 e. The molecule has 4 aromatic rings. The first kappa shape index (κ1) is 39.9. The highest BCUT2D eigenvalue weighted by Gasteiger charge is 2.35. The standard InChI is InChI=1S/C46H64N4S2Si/c1-5-7-9-15-35-53(36-16-10-8-6-2,51-33-31-49-29-27-47-45(49)37(3)41-25-17-21-39-19-11-13-23-43(39)41)52-34-32-50-30-28-48-46(50)38(4)42-26-18-22-40-20-12-14-24-44(40)42/h11-14,17-26,37-38H,5-10,15-16,27-36H2,1-4H3. The minimum absolute atomic E-state index is 0.306. The number of unbranched alkanes of at least 4 members (excludes halogenated alkanes) is 6. The summed E-state index contributed by atoms with van der Waals surface area (Å²) >= 11 is 4.86. The fraction of sp³-hybridized carbons (Fsp3) is 0.522. The summed E-state index contributed by atoms with van der Waals surface area (Å²) in [6.45, 7) is 15.7. The summed E-state index contributed by atoms with van der Waals surface area (Å²) in [4.78, 5) is 15.5. The molecule has 0 amide bonds. The third kappa shape index (κ3) is 10.3. The highest BCUT2D eigenvalue weighted by molar-refractivity contribution is 8.58. The molecule has 2 aliphatic rings. The van der Waals surface area contributed by atoms with E-state index in [9.17, 15) is 0 Å². The van der Waals surface area contributed by atoms with E-state index in [1.54, 1.807) is 0 Å². The zero-order chi connectivity index (χ0) is 36.9. The van der Waals surface area contributed by atoms with E-state index in [1.165, 1.54) is 119 Å². The quantitative estimate of drug-likeness (QED) is 0.0589. The Morgan fingerprint density at radius 1 is 0.566 bits per heavy atom. The van der Waals surface area contributed by atoms with Crippen molar-refractivity contribution in [1.82, 2.24) is 9.80 Å². The number of nitrogens with zero attached hydrogens (tertiary/aromatic N) is 4. The molecule has 4 nitrogen and oxygen atoms in total. The first-order chi connectivity index (χ1) is 26.0. The molecule has 4 aromatic carbocycles. The summed E-state index contributed by atoms with van der Waals surface area (Å²) in [6, 6.07) is 34.2. The van der Waals surface area contributed by atoms with Crippen molar-refractivity contribution in [3.05, 3.63) is 96.1 Å². The fourth-order valence-corrected chi connectivity index (χ4v) is 21.2. The van der Waals surface area contributed by atoms with Crippen molar-refractivity contribution in [1.29, 1.82) is 0 Å². The van der Waals surface area contributed by atoms with E-state index in [1.807, 2.05) is 0 Å². The van der Waals surface area contributed by atoms with Crippen molar-refractivity contribution in [2.24, 2.45) is 9.98 Å². The molecule has 7 heteroatoms. The smallest absolute Gasteiger partial charge is 0.176 e. The molecule has 0 bridgehead atoms. The number of fused-ring (bicyclic) bond motifs is 2. The van der Waals surface area contributed by atoms with Crippen LogP contribution in [0.5, 0.6) is 0 Å². The maximum atomic E-state index is 5.13. The highest BCUT2D eigenvalue weighted by Crippen LogP contribution is 2.43. The van der Waals surface area contributed by atoms with Crippen LogP contribution in [0.3, 0.4) is 0 Å². The van der Waals surface area contributed by atoms with Crippen LogP contribution in [0.25, 0.3) is 21.5 Å². The van der Waals surface area contributed by atoms with Gasteiger partial charge in [0.15, 0.2) is 6.37 Å². The number of hydrogen-bond donors (Lipinski definition) is 0. The van der Waals surface area contributed by atoms with Crippen molar-refractivity contribution in [3.8, 4) is 0 Å². The minimum atomic E-state index is -1.64. The SMILES string of the molecule is CCCCCC[Si](CCCCCC)(SCCN1CCN=C1C(C)c1cccc2ccccc12)SCCN1CCN=C1C(C)c1cccc2ccccc12. The molecule has 2 unspecified atom stereocenters. The van der Waals surface area contributed by atoms with Gasteiger partial charge < -0.3 is 9.80 Å². The van der Waals surface area contributed by atoms with Gasteiger partial charge in [-0.1, -0.05) is 164 Å². The second-order valence-electron chi connectivity index (χ2n) is 15.3. The molecular formula is C46H64N4S2Si. The Labute approximate surface area is 330 Å². The minimum Gasteiger partial charge on any atom is -0.357 e. The monoisotopic (exact) mass is 764 g/mol. The molecule has 53 heavy (non-hydrogen) atoms. The van der Waals surface area contributed by atoms with Gasteiger partial charge in [-0.05, 0) is 44.8 Å². The molecule has 0 saturated heterocycles. The molecule has 2 atom stereocenters. The Morgan fingerprint density at radius 2 is 1.00 bits per heavy atom. The first-order valence-corrected chi connectivity index (χ1v) is 26.7.